The molecule has 0 radical (unpaired) electrons. The van der Waals surface area contributed by atoms with Gasteiger partial charge < -0.3 is 19.3 Å². The van der Waals surface area contributed by atoms with E-state index >= 15 is 0 Å². The molecule has 4 heteroatoms. The fourth-order valence-electron chi connectivity index (χ4n) is 3.52. The fourth-order valence-corrected chi connectivity index (χ4v) is 3.52. The molecule has 1 heterocycles. The fraction of sp³-hybridized carbons (Fsp3) is 0.714. The first-order valence-corrected chi connectivity index (χ1v) is 9.65. The second-order valence-corrected chi connectivity index (χ2v) is 7.09. The normalized spacial score (nSPS) is 20.2. The molecule has 142 valence electrons. The molecule has 2 rings (SSSR count). The van der Waals surface area contributed by atoms with Crippen LogP contribution in [0.1, 0.15) is 56.6 Å². The van der Waals surface area contributed by atoms with E-state index in [-0.39, 0.29) is 12.4 Å². The topological polar surface area (TPSA) is 47.9 Å². The molecule has 4 nitrogen and oxygen atoms in total. The molecule has 0 aliphatic carbocycles. The first-order valence-electron chi connectivity index (χ1n) is 9.65. The Hall–Kier alpha value is -1.10. The van der Waals surface area contributed by atoms with Gasteiger partial charge >= 0.3 is 0 Å². The summed E-state index contributed by atoms with van der Waals surface area (Å²) in [5.41, 5.74) is 2.50. The lowest BCUT2D eigenvalue weighted by Gasteiger charge is -2.24. The Morgan fingerprint density at radius 3 is 2.80 bits per heavy atom. The van der Waals surface area contributed by atoms with Crippen LogP contribution in [0.15, 0.2) is 18.2 Å². The highest BCUT2D eigenvalue weighted by Gasteiger charge is 2.17. The number of rotatable bonds is 10. The van der Waals surface area contributed by atoms with E-state index in [2.05, 4.69) is 13.0 Å². The van der Waals surface area contributed by atoms with Crippen LogP contribution in [0.25, 0.3) is 0 Å². The molecule has 0 aromatic heterocycles. The number of hydrogen-bond acceptors (Lipinski definition) is 4. The maximum Gasteiger partial charge on any atom is 0.157 e. The molecule has 1 aliphatic heterocycles. The van der Waals surface area contributed by atoms with Gasteiger partial charge in [0.25, 0.3) is 0 Å². The average Bonchev–Trinajstić information content (AvgIpc) is 2.62. The van der Waals surface area contributed by atoms with Gasteiger partial charge in [-0.2, -0.15) is 0 Å². The lowest BCUT2D eigenvalue weighted by atomic mass is 9.90. The molecule has 1 unspecified atom stereocenters. The summed E-state index contributed by atoms with van der Waals surface area (Å²) in [6.07, 6.45) is 6.93. The molecular weight excluding hydrogens is 316 g/mol. The summed E-state index contributed by atoms with van der Waals surface area (Å²) in [6, 6.07) is 6.19. The lowest BCUT2D eigenvalue weighted by molar-refractivity contribution is -0.163. The van der Waals surface area contributed by atoms with E-state index in [1.54, 1.807) is 7.11 Å². The van der Waals surface area contributed by atoms with Gasteiger partial charge in [0.15, 0.2) is 6.29 Å². The highest BCUT2D eigenvalue weighted by Crippen LogP contribution is 2.25. The van der Waals surface area contributed by atoms with Crippen LogP contribution in [0.2, 0.25) is 0 Å². The van der Waals surface area contributed by atoms with Crippen molar-refractivity contribution in [2.75, 3.05) is 20.3 Å². The Kier molecular flexibility index (Phi) is 8.73. The van der Waals surface area contributed by atoms with Gasteiger partial charge in [-0.1, -0.05) is 12.1 Å². The standard InChI is InChI=1S/C21H34O4/c1-16-18(8-6-10-20(16)23-3)12-13-19(17(2)22)9-7-15-25-21-11-4-5-14-24-21/h6,8,10,17,19,21-22H,4-5,7,9,11-15H2,1-3H3/t17-,19-,21?/m1/s1. The summed E-state index contributed by atoms with van der Waals surface area (Å²) >= 11 is 0. The summed E-state index contributed by atoms with van der Waals surface area (Å²) in [7, 11) is 1.71. The molecule has 0 amide bonds. The molecule has 25 heavy (non-hydrogen) atoms. The van der Waals surface area contributed by atoms with Crippen molar-refractivity contribution in [2.45, 2.75) is 71.2 Å². The number of ether oxygens (including phenoxy) is 3. The predicted molar refractivity (Wildman–Crippen MR) is 100.0 cm³/mol. The molecular formula is C21H34O4. The van der Waals surface area contributed by atoms with Crippen LogP contribution in [0.5, 0.6) is 5.75 Å². The third-order valence-electron chi connectivity index (χ3n) is 5.24. The minimum Gasteiger partial charge on any atom is -0.496 e. The molecule has 3 atom stereocenters. The summed E-state index contributed by atoms with van der Waals surface area (Å²) in [6.45, 7) is 5.53. The summed E-state index contributed by atoms with van der Waals surface area (Å²) in [5.74, 6) is 1.23. The zero-order valence-electron chi connectivity index (χ0n) is 16.0. The van der Waals surface area contributed by atoms with Gasteiger partial charge in [0.2, 0.25) is 0 Å². The van der Waals surface area contributed by atoms with Crippen molar-refractivity contribution in [3.8, 4) is 5.75 Å². The number of aliphatic hydroxyl groups is 1. The number of aliphatic hydroxyl groups excluding tert-OH is 1. The van der Waals surface area contributed by atoms with E-state index in [4.69, 9.17) is 14.2 Å². The second-order valence-electron chi connectivity index (χ2n) is 7.09. The lowest BCUT2D eigenvalue weighted by Crippen LogP contribution is -2.23. The van der Waals surface area contributed by atoms with Crippen LogP contribution in [0.4, 0.5) is 0 Å². The van der Waals surface area contributed by atoms with E-state index in [0.717, 1.165) is 50.9 Å². The second kappa shape index (κ2) is 10.8. The van der Waals surface area contributed by atoms with Crippen LogP contribution in [0.3, 0.4) is 0 Å². The number of hydrogen-bond donors (Lipinski definition) is 1. The zero-order chi connectivity index (χ0) is 18.1. The molecule has 1 N–H and O–H groups in total. The minimum atomic E-state index is -0.295. The first-order chi connectivity index (χ1) is 12.1. The third kappa shape index (κ3) is 6.61. The van der Waals surface area contributed by atoms with Crippen LogP contribution in [-0.4, -0.2) is 37.8 Å². The van der Waals surface area contributed by atoms with Crippen molar-refractivity contribution in [3.05, 3.63) is 29.3 Å². The van der Waals surface area contributed by atoms with Crippen molar-refractivity contribution in [3.63, 3.8) is 0 Å². The quantitative estimate of drug-likeness (QED) is 0.641. The van der Waals surface area contributed by atoms with Gasteiger partial charge in [-0.25, -0.2) is 0 Å². The number of benzene rings is 1. The highest BCUT2D eigenvalue weighted by atomic mass is 16.7. The molecule has 1 aromatic rings. The van der Waals surface area contributed by atoms with Gasteiger partial charge in [0, 0.05) is 13.2 Å². The van der Waals surface area contributed by atoms with Crippen molar-refractivity contribution in [1.82, 2.24) is 0 Å². The third-order valence-corrected chi connectivity index (χ3v) is 5.24. The Balaban J connectivity index is 1.74. The Morgan fingerprint density at radius 2 is 2.12 bits per heavy atom. The highest BCUT2D eigenvalue weighted by molar-refractivity contribution is 5.39. The Labute approximate surface area is 152 Å². The van der Waals surface area contributed by atoms with Crippen molar-refractivity contribution in [2.24, 2.45) is 5.92 Å². The van der Waals surface area contributed by atoms with E-state index in [9.17, 15) is 5.11 Å². The number of methoxy groups -OCH3 is 1. The van der Waals surface area contributed by atoms with E-state index in [1.807, 2.05) is 19.1 Å². The molecule has 1 aromatic carbocycles. The van der Waals surface area contributed by atoms with Gasteiger partial charge in [-0.05, 0) is 81.9 Å². The summed E-state index contributed by atoms with van der Waals surface area (Å²) < 4.78 is 16.8. The average molecular weight is 350 g/mol. The van der Waals surface area contributed by atoms with Gasteiger partial charge in [-0.3, -0.25) is 0 Å². The number of aryl methyl sites for hydroxylation is 1. The SMILES string of the molecule is COc1cccc(CC[C@@H](CCCOC2CCCCO2)[C@@H](C)O)c1C. The molecule has 0 spiro atoms. The molecule has 1 fully saturated rings. The zero-order valence-corrected chi connectivity index (χ0v) is 16.0. The molecule has 1 saturated heterocycles. The Morgan fingerprint density at radius 1 is 1.28 bits per heavy atom. The van der Waals surface area contributed by atoms with E-state index in [1.165, 1.54) is 17.5 Å². The maximum atomic E-state index is 10.1. The first kappa shape index (κ1) is 20.2. The maximum absolute atomic E-state index is 10.1. The molecule has 0 bridgehead atoms. The van der Waals surface area contributed by atoms with E-state index in [0.29, 0.717) is 12.5 Å². The van der Waals surface area contributed by atoms with Crippen LogP contribution >= 0.6 is 0 Å². The predicted octanol–water partition coefficient (Wildman–Crippen LogP) is 4.26. The van der Waals surface area contributed by atoms with Gasteiger partial charge in [0.05, 0.1) is 13.2 Å². The summed E-state index contributed by atoms with van der Waals surface area (Å²) in [5, 5.41) is 10.1. The van der Waals surface area contributed by atoms with Crippen molar-refractivity contribution < 1.29 is 19.3 Å². The van der Waals surface area contributed by atoms with Crippen molar-refractivity contribution >= 4 is 0 Å². The molecule has 0 saturated carbocycles. The van der Waals surface area contributed by atoms with Crippen LogP contribution in [0, 0.1) is 12.8 Å². The van der Waals surface area contributed by atoms with Crippen LogP contribution < -0.4 is 4.74 Å². The largest absolute Gasteiger partial charge is 0.496 e. The monoisotopic (exact) mass is 350 g/mol. The molecule has 1 aliphatic rings. The van der Waals surface area contributed by atoms with Crippen molar-refractivity contribution in [1.29, 1.82) is 0 Å². The van der Waals surface area contributed by atoms with Gasteiger partial charge in [-0.15, -0.1) is 0 Å². The minimum absolute atomic E-state index is 0.0156. The Bertz CT molecular complexity index is 495. The van der Waals surface area contributed by atoms with E-state index < -0.39 is 0 Å². The van der Waals surface area contributed by atoms with Gasteiger partial charge in [0.1, 0.15) is 5.75 Å². The smallest absolute Gasteiger partial charge is 0.157 e. The summed E-state index contributed by atoms with van der Waals surface area (Å²) in [4.78, 5) is 0. The van der Waals surface area contributed by atoms with Crippen LogP contribution in [-0.2, 0) is 15.9 Å².